The van der Waals surface area contributed by atoms with E-state index in [9.17, 15) is 19.3 Å². The van der Waals surface area contributed by atoms with Crippen molar-refractivity contribution in [2.75, 3.05) is 5.32 Å². The Kier molecular flexibility index (Phi) is 5.17. The molecule has 0 aliphatic carbocycles. The van der Waals surface area contributed by atoms with E-state index in [-0.39, 0.29) is 16.9 Å². The van der Waals surface area contributed by atoms with Crippen LogP contribution in [0.3, 0.4) is 0 Å². The molecule has 0 unspecified atom stereocenters. The zero-order chi connectivity index (χ0) is 19.6. The van der Waals surface area contributed by atoms with Crippen LogP contribution in [0.25, 0.3) is 0 Å². The number of nitro groups is 1. The van der Waals surface area contributed by atoms with E-state index in [4.69, 9.17) is 0 Å². The summed E-state index contributed by atoms with van der Waals surface area (Å²) in [6, 6.07) is 8.43. The third-order valence-electron chi connectivity index (χ3n) is 3.66. The predicted molar refractivity (Wildman–Crippen MR) is 97.3 cm³/mol. The molecule has 0 spiro atoms. The predicted octanol–water partition coefficient (Wildman–Crippen LogP) is 3.57. The molecule has 0 bridgehead atoms. The summed E-state index contributed by atoms with van der Waals surface area (Å²) >= 11 is 1.06. The van der Waals surface area contributed by atoms with E-state index in [2.05, 4.69) is 15.5 Å². The standard InChI is InChI=1S/C17H14FN5O3S/c1-10-3-5-13(12(18)7-10)20-16(24)11-4-6-15(14(8-11)23(25)26)27-17-21-19-9-22(17)2/h3-9H,1-2H3,(H,20,24). The number of hydrogen-bond donors (Lipinski definition) is 1. The number of nitro benzene ring substituents is 1. The van der Waals surface area contributed by atoms with E-state index in [1.165, 1.54) is 30.6 Å². The molecule has 10 heteroatoms. The first kappa shape index (κ1) is 18.5. The third-order valence-corrected chi connectivity index (χ3v) is 4.78. The normalized spacial score (nSPS) is 10.6. The monoisotopic (exact) mass is 387 g/mol. The van der Waals surface area contributed by atoms with E-state index in [1.54, 1.807) is 24.6 Å². The fourth-order valence-corrected chi connectivity index (χ4v) is 3.12. The highest BCUT2D eigenvalue weighted by atomic mass is 32.2. The Morgan fingerprint density at radius 1 is 1.30 bits per heavy atom. The topological polar surface area (TPSA) is 103 Å². The van der Waals surface area contributed by atoms with Crippen molar-refractivity contribution in [1.82, 2.24) is 14.8 Å². The van der Waals surface area contributed by atoms with Crippen molar-refractivity contribution in [2.24, 2.45) is 7.05 Å². The number of nitrogens with zero attached hydrogens (tertiary/aromatic N) is 4. The van der Waals surface area contributed by atoms with Crippen molar-refractivity contribution in [3.8, 4) is 0 Å². The second-order valence-electron chi connectivity index (χ2n) is 5.70. The van der Waals surface area contributed by atoms with Crippen molar-refractivity contribution in [2.45, 2.75) is 17.0 Å². The molecule has 1 heterocycles. The molecular formula is C17H14FN5O3S. The average Bonchev–Trinajstić information content (AvgIpc) is 3.02. The van der Waals surface area contributed by atoms with Gasteiger partial charge in [-0.05, 0) is 48.5 Å². The van der Waals surface area contributed by atoms with E-state index >= 15 is 0 Å². The van der Waals surface area contributed by atoms with Crippen molar-refractivity contribution < 1.29 is 14.1 Å². The average molecular weight is 387 g/mol. The van der Waals surface area contributed by atoms with Gasteiger partial charge in [0.05, 0.1) is 15.5 Å². The minimum Gasteiger partial charge on any atom is -0.319 e. The SMILES string of the molecule is Cc1ccc(NC(=O)c2ccc(Sc3nncn3C)c([N+](=O)[O-])c2)c(F)c1. The van der Waals surface area contributed by atoms with Gasteiger partial charge in [-0.15, -0.1) is 10.2 Å². The number of benzene rings is 2. The molecule has 0 aliphatic rings. The number of carbonyl (C=O) groups is 1. The first-order chi connectivity index (χ1) is 12.8. The summed E-state index contributed by atoms with van der Waals surface area (Å²) in [5.41, 5.74) is 0.515. The molecule has 0 atom stereocenters. The Labute approximate surface area is 157 Å². The van der Waals surface area contributed by atoms with Crippen LogP contribution in [-0.2, 0) is 7.05 Å². The van der Waals surface area contributed by atoms with Crippen molar-refractivity contribution in [3.05, 3.63) is 69.8 Å². The maximum Gasteiger partial charge on any atom is 0.284 e. The highest BCUT2D eigenvalue weighted by Crippen LogP contribution is 2.34. The van der Waals surface area contributed by atoms with Crippen molar-refractivity contribution in [3.63, 3.8) is 0 Å². The molecule has 1 aromatic heterocycles. The Hall–Kier alpha value is -3.27. The van der Waals surface area contributed by atoms with E-state index < -0.39 is 16.6 Å². The number of hydrogen-bond acceptors (Lipinski definition) is 6. The summed E-state index contributed by atoms with van der Waals surface area (Å²) in [4.78, 5) is 23.5. The maximum atomic E-state index is 13.9. The lowest BCUT2D eigenvalue weighted by Gasteiger charge is -2.08. The van der Waals surface area contributed by atoms with Crippen LogP contribution in [-0.4, -0.2) is 25.6 Å². The smallest absolute Gasteiger partial charge is 0.284 e. The lowest BCUT2D eigenvalue weighted by Crippen LogP contribution is -2.13. The Morgan fingerprint density at radius 3 is 2.70 bits per heavy atom. The number of rotatable bonds is 5. The van der Waals surface area contributed by atoms with Crippen LogP contribution in [0.15, 0.2) is 52.8 Å². The Bertz CT molecular complexity index is 1040. The molecule has 0 saturated carbocycles. The number of amides is 1. The highest BCUT2D eigenvalue weighted by molar-refractivity contribution is 7.99. The van der Waals surface area contributed by atoms with Crippen LogP contribution in [0.2, 0.25) is 0 Å². The summed E-state index contributed by atoms with van der Waals surface area (Å²) in [7, 11) is 1.71. The van der Waals surface area contributed by atoms with Gasteiger partial charge >= 0.3 is 0 Å². The second-order valence-corrected chi connectivity index (χ2v) is 6.71. The van der Waals surface area contributed by atoms with Crippen LogP contribution in [0.5, 0.6) is 0 Å². The molecule has 1 amide bonds. The molecule has 0 aliphatic heterocycles. The van der Waals surface area contributed by atoms with E-state index in [0.29, 0.717) is 15.6 Å². The van der Waals surface area contributed by atoms with E-state index in [0.717, 1.165) is 17.8 Å². The number of halogens is 1. The van der Waals surface area contributed by atoms with Crippen LogP contribution >= 0.6 is 11.8 Å². The fourth-order valence-electron chi connectivity index (χ4n) is 2.27. The summed E-state index contributed by atoms with van der Waals surface area (Å²) in [5.74, 6) is -1.22. The van der Waals surface area contributed by atoms with Gasteiger partial charge in [-0.25, -0.2) is 4.39 Å². The zero-order valence-corrected chi connectivity index (χ0v) is 15.2. The van der Waals surface area contributed by atoms with Gasteiger partial charge in [0, 0.05) is 18.7 Å². The van der Waals surface area contributed by atoms with Gasteiger partial charge in [-0.3, -0.25) is 14.9 Å². The third kappa shape index (κ3) is 4.11. The lowest BCUT2D eigenvalue weighted by molar-refractivity contribution is -0.387. The Morgan fingerprint density at radius 2 is 2.07 bits per heavy atom. The van der Waals surface area contributed by atoms with Crippen LogP contribution in [0.1, 0.15) is 15.9 Å². The van der Waals surface area contributed by atoms with Crippen LogP contribution < -0.4 is 5.32 Å². The lowest BCUT2D eigenvalue weighted by atomic mass is 10.1. The molecule has 0 saturated heterocycles. The molecule has 1 N–H and O–H groups in total. The minimum atomic E-state index is -0.643. The molecule has 27 heavy (non-hydrogen) atoms. The number of carbonyl (C=O) groups excluding carboxylic acids is 1. The van der Waals surface area contributed by atoms with Crippen LogP contribution in [0.4, 0.5) is 15.8 Å². The molecule has 8 nitrogen and oxygen atoms in total. The van der Waals surface area contributed by atoms with Gasteiger partial charge in [0.25, 0.3) is 11.6 Å². The van der Waals surface area contributed by atoms with Gasteiger partial charge < -0.3 is 9.88 Å². The molecular weight excluding hydrogens is 373 g/mol. The first-order valence-corrected chi connectivity index (χ1v) is 8.54. The number of aryl methyl sites for hydroxylation is 2. The minimum absolute atomic E-state index is 0.00536. The van der Waals surface area contributed by atoms with E-state index in [1.807, 2.05) is 0 Å². The van der Waals surface area contributed by atoms with Crippen LogP contribution in [0, 0.1) is 22.9 Å². The number of nitrogens with one attached hydrogen (secondary N) is 1. The van der Waals surface area contributed by atoms with Crippen molar-refractivity contribution >= 4 is 29.0 Å². The fraction of sp³-hybridized carbons (Fsp3) is 0.118. The van der Waals surface area contributed by atoms with Crippen molar-refractivity contribution in [1.29, 1.82) is 0 Å². The largest absolute Gasteiger partial charge is 0.319 e. The highest BCUT2D eigenvalue weighted by Gasteiger charge is 2.20. The number of anilines is 1. The molecule has 138 valence electrons. The Balaban J connectivity index is 1.88. The van der Waals surface area contributed by atoms with Gasteiger partial charge in [0.15, 0.2) is 5.16 Å². The zero-order valence-electron chi connectivity index (χ0n) is 14.3. The number of aromatic nitrogens is 3. The summed E-state index contributed by atoms with van der Waals surface area (Å²) in [6.45, 7) is 1.73. The summed E-state index contributed by atoms with van der Waals surface area (Å²) < 4.78 is 15.5. The molecule has 3 rings (SSSR count). The van der Waals surface area contributed by atoms with Gasteiger partial charge in [0.1, 0.15) is 12.1 Å². The summed E-state index contributed by atoms with van der Waals surface area (Å²) in [6.07, 6.45) is 1.48. The molecule has 0 radical (unpaired) electrons. The molecule has 2 aromatic carbocycles. The quantitative estimate of drug-likeness (QED) is 0.530. The van der Waals surface area contributed by atoms with Gasteiger partial charge in [-0.1, -0.05) is 6.07 Å². The summed E-state index contributed by atoms with van der Waals surface area (Å²) in [5, 5.41) is 21.9. The molecule has 0 fully saturated rings. The molecule has 3 aromatic rings. The van der Waals surface area contributed by atoms with Gasteiger partial charge in [0.2, 0.25) is 0 Å². The maximum absolute atomic E-state index is 13.9. The second kappa shape index (κ2) is 7.54. The van der Waals surface area contributed by atoms with Gasteiger partial charge in [-0.2, -0.15) is 0 Å². The first-order valence-electron chi connectivity index (χ1n) is 7.73.